The number of rotatable bonds is 26. The molecule has 0 saturated carbocycles. The highest BCUT2D eigenvalue weighted by molar-refractivity contribution is 7.51. The lowest BCUT2D eigenvalue weighted by Crippen LogP contribution is -2.22. The van der Waals surface area contributed by atoms with Gasteiger partial charge in [0.05, 0.1) is 18.9 Å². The van der Waals surface area contributed by atoms with E-state index in [-0.39, 0.29) is 12.3 Å². The largest absolute Gasteiger partial charge is 0.379 e. The van der Waals surface area contributed by atoms with Crippen molar-refractivity contribution >= 4 is 7.60 Å². The monoisotopic (exact) mass is 478 g/mol. The van der Waals surface area contributed by atoms with E-state index in [9.17, 15) is 14.4 Å². The van der Waals surface area contributed by atoms with E-state index in [0.717, 1.165) is 19.3 Å². The van der Waals surface area contributed by atoms with Gasteiger partial charge in [-0.25, -0.2) is 0 Å². The number of unbranched alkanes of at least 4 members (excludes halogenated alkanes) is 16. The van der Waals surface area contributed by atoms with Crippen molar-refractivity contribution in [2.24, 2.45) is 0 Å². The van der Waals surface area contributed by atoms with Crippen LogP contribution in [0, 0.1) is 0 Å². The molecule has 0 heterocycles. The predicted molar refractivity (Wildman–Crippen MR) is 137 cm³/mol. The van der Waals surface area contributed by atoms with Gasteiger partial charge in [-0.05, 0) is 19.3 Å². The zero-order chi connectivity index (χ0) is 23.8. The summed E-state index contributed by atoms with van der Waals surface area (Å²) in [6.45, 7) is 6.30. The predicted octanol–water partition coefficient (Wildman–Crippen LogP) is 8.02. The number of ether oxygens (including phenoxy) is 2. The van der Waals surface area contributed by atoms with Gasteiger partial charge in [-0.15, -0.1) is 0 Å². The standard InChI is InChI=1S/C26H55O5P/c1-3-5-7-9-11-13-14-15-17-19-22-30-25-26(21-24-32(27,28)29)31-23-20-18-16-12-10-8-6-4-2/h26H,3-25H2,1-2H3,(H2,27,28,29). The van der Waals surface area contributed by atoms with Crippen LogP contribution in [0.3, 0.4) is 0 Å². The normalized spacial score (nSPS) is 13.0. The lowest BCUT2D eigenvalue weighted by atomic mass is 10.1. The van der Waals surface area contributed by atoms with Gasteiger partial charge in [0, 0.05) is 13.2 Å². The van der Waals surface area contributed by atoms with Crippen LogP contribution in [0.5, 0.6) is 0 Å². The fraction of sp³-hybridized carbons (Fsp3) is 1.00. The fourth-order valence-electron chi connectivity index (χ4n) is 3.92. The van der Waals surface area contributed by atoms with Crippen molar-refractivity contribution in [3.63, 3.8) is 0 Å². The molecule has 0 aromatic rings. The maximum Gasteiger partial charge on any atom is 0.325 e. The van der Waals surface area contributed by atoms with Crippen molar-refractivity contribution in [2.75, 3.05) is 26.0 Å². The third-order valence-corrected chi connectivity index (χ3v) is 6.88. The Morgan fingerprint density at radius 3 is 1.47 bits per heavy atom. The van der Waals surface area contributed by atoms with Crippen molar-refractivity contribution in [2.45, 2.75) is 142 Å². The maximum absolute atomic E-state index is 11.2. The Hall–Kier alpha value is 0.0700. The molecule has 0 bridgehead atoms. The molecular formula is C26H55O5P. The van der Waals surface area contributed by atoms with Crippen LogP contribution in [-0.4, -0.2) is 41.9 Å². The van der Waals surface area contributed by atoms with E-state index >= 15 is 0 Å². The first-order valence-corrected chi connectivity index (χ1v) is 15.5. The summed E-state index contributed by atoms with van der Waals surface area (Å²) in [5, 5.41) is 0. The average Bonchev–Trinajstić information content (AvgIpc) is 2.75. The third-order valence-electron chi connectivity index (χ3n) is 6.04. The average molecular weight is 479 g/mol. The molecule has 0 aromatic carbocycles. The van der Waals surface area contributed by atoms with Crippen molar-refractivity contribution in [3.8, 4) is 0 Å². The molecule has 0 aliphatic heterocycles. The molecule has 0 saturated heterocycles. The molecule has 0 spiro atoms. The third kappa shape index (κ3) is 26.3. The first kappa shape index (κ1) is 32.1. The number of hydrogen-bond acceptors (Lipinski definition) is 3. The molecule has 0 aromatic heterocycles. The minimum Gasteiger partial charge on any atom is -0.379 e. The van der Waals surface area contributed by atoms with Crippen LogP contribution in [0.15, 0.2) is 0 Å². The molecule has 1 unspecified atom stereocenters. The Labute approximate surface area is 199 Å². The first-order valence-electron chi connectivity index (χ1n) is 13.7. The van der Waals surface area contributed by atoms with E-state index in [1.165, 1.54) is 96.3 Å². The highest BCUT2D eigenvalue weighted by atomic mass is 31.2. The van der Waals surface area contributed by atoms with E-state index in [1.807, 2.05) is 0 Å². The van der Waals surface area contributed by atoms with E-state index < -0.39 is 7.60 Å². The number of hydrogen-bond donors (Lipinski definition) is 2. The van der Waals surface area contributed by atoms with E-state index in [0.29, 0.717) is 26.2 Å². The molecule has 2 N–H and O–H groups in total. The summed E-state index contributed by atoms with van der Waals surface area (Å²) in [4.78, 5) is 18.4. The molecular weight excluding hydrogens is 423 g/mol. The van der Waals surface area contributed by atoms with Gasteiger partial charge in [0.2, 0.25) is 0 Å². The molecule has 0 radical (unpaired) electrons. The van der Waals surface area contributed by atoms with E-state index in [2.05, 4.69) is 13.8 Å². The summed E-state index contributed by atoms with van der Waals surface area (Å²) >= 11 is 0. The zero-order valence-electron chi connectivity index (χ0n) is 21.4. The van der Waals surface area contributed by atoms with Crippen LogP contribution in [0.4, 0.5) is 0 Å². The summed E-state index contributed by atoms with van der Waals surface area (Å²) in [5.41, 5.74) is 0. The Balaban J connectivity index is 3.74. The highest BCUT2D eigenvalue weighted by Crippen LogP contribution is 2.35. The van der Waals surface area contributed by atoms with E-state index in [1.54, 1.807) is 0 Å². The molecule has 1 atom stereocenters. The second kappa shape index (κ2) is 24.2. The van der Waals surface area contributed by atoms with Gasteiger partial charge in [0.15, 0.2) is 0 Å². The second-order valence-corrected chi connectivity index (χ2v) is 11.2. The maximum atomic E-state index is 11.2. The highest BCUT2D eigenvalue weighted by Gasteiger charge is 2.18. The topological polar surface area (TPSA) is 76.0 Å². The SMILES string of the molecule is CCCCCCCCCCCCOCC(CCP(=O)(O)O)OCCCCCCCCCC. The summed E-state index contributed by atoms with van der Waals surface area (Å²) < 4.78 is 22.9. The zero-order valence-corrected chi connectivity index (χ0v) is 22.3. The van der Waals surface area contributed by atoms with Gasteiger partial charge in [-0.3, -0.25) is 4.57 Å². The van der Waals surface area contributed by atoms with Gasteiger partial charge < -0.3 is 19.3 Å². The summed E-state index contributed by atoms with van der Waals surface area (Å²) in [6, 6.07) is 0. The lowest BCUT2D eigenvalue weighted by molar-refractivity contribution is -0.0201. The molecule has 0 fully saturated rings. The Kier molecular flexibility index (Phi) is 24.3. The molecule has 32 heavy (non-hydrogen) atoms. The van der Waals surface area contributed by atoms with Crippen LogP contribution in [0.1, 0.15) is 136 Å². The minimum absolute atomic E-state index is 0.128. The molecule has 0 rings (SSSR count). The van der Waals surface area contributed by atoms with Gasteiger partial charge >= 0.3 is 7.60 Å². The summed E-state index contributed by atoms with van der Waals surface area (Å²) in [6.07, 6.45) is 23.0. The van der Waals surface area contributed by atoms with Crippen LogP contribution in [-0.2, 0) is 14.0 Å². The van der Waals surface area contributed by atoms with Gasteiger partial charge in [-0.2, -0.15) is 0 Å². The quantitative estimate of drug-likeness (QED) is 0.0972. The van der Waals surface area contributed by atoms with Crippen molar-refractivity contribution < 1.29 is 23.8 Å². The molecule has 0 aliphatic carbocycles. The van der Waals surface area contributed by atoms with Crippen LogP contribution in [0.25, 0.3) is 0 Å². The molecule has 5 nitrogen and oxygen atoms in total. The minimum atomic E-state index is -3.99. The van der Waals surface area contributed by atoms with Crippen molar-refractivity contribution in [1.29, 1.82) is 0 Å². The molecule has 6 heteroatoms. The Morgan fingerprint density at radius 2 is 1.03 bits per heavy atom. The molecule has 0 aliphatic rings. The lowest BCUT2D eigenvalue weighted by Gasteiger charge is -2.18. The fourth-order valence-corrected chi connectivity index (χ4v) is 4.54. The van der Waals surface area contributed by atoms with Crippen LogP contribution < -0.4 is 0 Å². The Morgan fingerprint density at radius 1 is 0.625 bits per heavy atom. The van der Waals surface area contributed by atoms with Gasteiger partial charge in [-0.1, -0.05) is 117 Å². The van der Waals surface area contributed by atoms with Crippen LogP contribution in [0.2, 0.25) is 0 Å². The molecule has 0 amide bonds. The molecule has 194 valence electrons. The van der Waals surface area contributed by atoms with Gasteiger partial charge in [0.1, 0.15) is 0 Å². The first-order chi connectivity index (χ1) is 15.5. The smallest absolute Gasteiger partial charge is 0.325 e. The second-order valence-electron chi connectivity index (χ2n) is 9.40. The summed E-state index contributed by atoms with van der Waals surface area (Å²) in [7, 11) is -3.99. The van der Waals surface area contributed by atoms with Crippen molar-refractivity contribution in [1.82, 2.24) is 0 Å². The van der Waals surface area contributed by atoms with Crippen LogP contribution >= 0.6 is 7.60 Å². The van der Waals surface area contributed by atoms with Gasteiger partial charge in [0.25, 0.3) is 0 Å². The Bertz CT molecular complexity index is 413. The van der Waals surface area contributed by atoms with Crippen molar-refractivity contribution in [3.05, 3.63) is 0 Å². The summed E-state index contributed by atoms with van der Waals surface area (Å²) in [5.74, 6) is 0. The van der Waals surface area contributed by atoms with E-state index in [4.69, 9.17) is 9.47 Å².